The summed E-state index contributed by atoms with van der Waals surface area (Å²) < 4.78 is 11.6. The zero-order chi connectivity index (χ0) is 11.0. The number of hydrogen-bond donors (Lipinski definition) is 2. The summed E-state index contributed by atoms with van der Waals surface area (Å²) in [5.74, 6) is 1.90. The van der Waals surface area contributed by atoms with Gasteiger partial charge in [-0.15, -0.1) is 0 Å². The summed E-state index contributed by atoms with van der Waals surface area (Å²) in [4.78, 5) is 0. The maximum atomic E-state index is 11.6. The van der Waals surface area contributed by atoms with Gasteiger partial charge in [-0.05, 0) is 18.9 Å². The first-order valence-corrected chi connectivity index (χ1v) is 6.78. The molecule has 2 unspecified atom stereocenters. The summed E-state index contributed by atoms with van der Waals surface area (Å²) in [6.45, 7) is 7.20. The molecule has 2 atom stereocenters. The molecule has 2 N–H and O–H groups in total. The molecule has 86 valence electrons. The maximum absolute atomic E-state index is 11.6. The van der Waals surface area contributed by atoms with Crippen LogP contribution in [0.15, 0.2) is 0 Å². The van der Waals surface area contributed by atoms with E-state index >= 15 is 0 Å². The van der Waals surface area contributed by atoms with E-state index in [1.807, 2.05) is 6.92 Å². The van der Waals surface area contributed by atoms with Crippen molar-refractivity contribution in [1.82, 2.24) is 5.32 Å². The van der Waals surface area contributed by atoms with Crippen molar-refractivity contribution in [3.63, 3.8) is 0 Å². The van der Waals surface area contributed by atoms with Crippen LogP contribution < -0.4 is 5.32 Å². The molecule has 0 saturated heterocycles. The van der Waals surface area contributed by atoms with Crippen molar-refractivity contribution in [2.24, 2.45) is 5.92 Å². The third-order valence-corrected chi connectivity index (χ3v) is 3.69. The maximum Gasteiger partial charge on any atom is 0.0446 e. The van der Waals surface area contributed by atoms with Gasteiger partial charge in [0.2, 0.25) is 0 Å². The first kappa shape index (κ1) is 14.1. The number of rotatable bonds is 8. The van der Waals surface area contributed by atoms with Crippen molar-refractivity contribution >= 4 is 10.8 Å². The predicted octanol–water partition coefficient (Wildman–Crippen LogP) is 0.752. The second-order valence-electron chi connectivity index (χ2n) is 3.93. The quantitative estimate of drug-likeness (QED) is 0.636. The van der Waals surface area contributed by atoms with E-state index in [2.05, 4.69) is 19.2 Å². The average molecular weight is 221 g/mol. The standard InChI is InChI=1S/C10H23NO2S/c1-4-11-10(5-6-12)8-14(13)7-9(2)3/h9-12H,4-8H2,1-3H3. The highest BCUT2D eigenvalue weighted by molar-refractivity contribution is 7.85. The molecule has 0 bridgehead atoms. The highest BCUT2D eigenvalue weighted by Gasteiger charge is 2.11. The molecule has 0 aromatic rings. The van der Waals surface area contributed by atoms with Crippen LogP contribution in [0.2, 0.25) is 0 Å². The van der Waals surface area contributed by atoms with Crippen LogP contribution in [0.5, 0.6) is 0 Å². The van der Waals surface area contributed by atoms with Crippen LogP contribution >= 0.6 is 0 Å². The van der Waals surface area contributed by atoms with Crippen molar-refractivity contribution in [1.29, 1.82) is 0 Å². The fourth-order valence-electron chi connectivity index (χ4n) is 1.35. The van der Waals surface area contributed by atoms with E-state index < -0.39 is 10.8 Å². The van der Waals surface area contributed by atoms with E-state index in [9.17, 15) is 4.21 Å². The van der Waals surface area contributed by atoms with E-state index in [0.717, 1.165) is 12.3 Å². The molecule has 0 amide bonds. The average Bonchev–Trinajstić information content (AvgIpc) is 2.03. The fraction of sp³-hybridized carbons (Fsp3) is 1.00. The molecule has 0 saturated carbocycles. The summed E-state index contributed by atoms with van der Waals surface area (Å²) in [6.07, 6.45) is 0.692. The Morgan fingerprint density at radius 3 is 2.43 bits per heavy atom. The number of nitrogens with one attached hydrogen (secondary N) is 1. The Hall–Kier alpha value is 0.0700. The molecule has 0 aromatic heterocycles. The molecule has 0 aliphatic rings. The molecule has 0 aliphatic carbocycles. The highest BCUT2D eigenvalue weighted by Crippen LogP contribution is 2.00. The Balaban J connectivity index is 3.82. The van der Waals surface area contributed by atoms with E-state index in [0.29, 0.717) is 18.1 Å². The van der Waals surface area contributed by atoms with Gasteiger partial charge < -0.3 is 10.4 Å². The van der Waals surface area contributed by atoms with Gasteiger partial charge in [0.25, 0.3) is 0 Å². The van der Waals surface area contributed by atoms with Crippen molar-refractivity contribution < 1.29 is 9.32 Å². The Labute approximate surface area is 89.7 Å². The number of aliphatic hydroxyl groups is 1. The lowest BCUT2D eigenvalue weighted by Gasteiger charge is -2.16. The van der Waals surface area contributed by atoms with Gasteiger partial charge in [0, 0.05) is 35.0 Å². The minimum Gasteiger partial charge on any atom is -0.396 e. The largest absolute Gasteiger partial charge is 0.396 e. The molecular weight excluding hydrogens is 198 g/mol. The van der Waals surface area contributed by atoms with Crippen molar-refractivity contribution in [3.8, 4) is 0 Å². The zero-order valence-corrected chi connectivity index (χ0v) is 10.3. The molecular formula is C10H23NO2S. The predicted molar refractivity (Wildman–Crippen MR) is 61.9 cm³/mol. The summed E-state index contributed by atoms with van der Waals surface area (Å²) in [6, 6.07) is 0.199. The molecule has 3 nitrogen and oxygen atoms in total. The smallest absolute Gasteiger partial charge is 0.0446 e. The Bertz CT molecular complexity index is 156. The molecule has 0 aromatic carbocycles. The molecule has 0 fully saturated rings. The lowest BCUT2D eigenvalue weighted by atomic mass is 10.2. The molecule has 0 aliphatic heterocycles. The molecule has 0 heterocycles. The normalized spacial score (nSPS) is 15.8. The van der Waals surface area contributed by atoms with Gasteiger partial charge >= 0.3 is 0 Å². The van der Waals surface area contributed by atoms with E-state index in [-0.39, 0.29) is 12.6 Å². The van der Waals surface area contributed by atoms with Crippen LogP contribution in [-0.4, -0.2) is 40.0 Å². The highest BCUT2D eigenvalue weighted by atomic mass is 32.2. The Morgan fingerprint density at radius 2 is 2.00 bits per heavy atom. The van der Waals surface area contributed by atoms with Crippen LogP contribution in [0.1, 0.15) is 27.2 Å². The van der Waals surface area contributed by atoms with Crippen LogP contribution in [0.4, 0.5) is 0 Å². The zero-order valence-electron chi connectivity index (χ0n) is 9.45. The van der Waals surface area contributed by atoms with Gasteiger partial charge in [-0.1, -0.05) is 20.8 Å². The first-order valence-electron chi connectivity index (χ1n) is 5.29. The summed E-state index contributed by atoms with van der Waals surface area (Å²) in [5.41, 5.74) is 0. The van der Waals surface area contributed by atoms with Gasteiger partial charge in [0.15, 0.2) is 0 Å². The van der Waals surface area contributed by atoms with E-state index in [1.54, 1.807) is 0 Å². The second-order valence-corrected chi connectivity index (χ2v) is 5.48. The van der Waals surface area contributed by atoms with Crippen LogP contribution in [0.25, 0.3) is 0 Å². The van der Waals surface area contributed by atoms with Gasteiger partial charge in [-0.2, -0.15) is 0 Å². The van der Waals surface area contributed by atoms with Gasteiger partial charge in [0.1, 0.15) is 0 Å². The van der Waals surface area contributed by atoms with E-state index in [4.69, 9.17) is 5.11 Å². The molecule has 0 radical (unpaired) electrons. The van der Waals surface area contributed by atoms with Crippen molar-refractivity contribution in [3.05, 3.63) is 0 Å². The minimum absolute atomic E-state index is 0.163. The number of hydrogen-bond acceptors (Lipinski definition) is 3. The van der Waals surface area contributed by atoms with Gasteiger partial charge in [0.05, 0.1) is 0 Å². The van der Waals surface area contributed by atoms with Gasteiger partial charge in [-0.3, -0.25) is 4.21 Å². The lowest BCUT2D eigenvalue weighted by molar-refractivity contribution is 0.270. The summed E-state index contributed by atoms with van der Waals surface area (Å²) >= 11 is 0. The summed E-state index contributed by atoms with van der Waals surface area (Å²) in [5, 5.41) is 12.1. The van der Waals surface area contributed by atoms with Crippen LogP contribution in [-0.2, 0) is 10.8 Å². The number of aliphatic hydroxyl groups excluding tert-OH is 1. The monoisotopic (exact) mass is 221 g/mol. The van der Waals surface area contributed by atoms with Crippen LogP contribution in [0, 0.1) is 5.92 Å². The third kappa shape index (κ3) is 7.47. The first-order chi connectivity index (χ1) is 6.60. The molecule has 0 rings (SSSR count). The SMILES string of the molecule is CCNC(CCO)CS(=O)CC(C)C. The minimum atomic E-state index is -0.757. The van der Waals surface area contributed by atoms with Crippen molar-refractivity contribution in [2.45, 2.75) is 33.2 Å². The lowest BCUT2D eigenvalue weighted by Crippen LogP contribution is -2.35. The molecule has 0 spiro atoms. The second kappa shape index (κ2) is 8.38. The summed E-state index contributed by atoms with van der Waals surface area (Å²) in [7, 11) is -0.757. The molecule has 14 heavy (non-hydrogen) atoms. The van der Waals surface area contributed by atoms with Gasteiger partial charge in [-0.25, -0.2) is 0 Å². The van der Waals surface area contributed by atoms with E-state index in [1.165, 1.54) is 0 Å². The van der Waals surface area contributed by atoms with Crippen molar-refractivity contribution in [2.75, 3.05) is 24.7 Å². The third-order valence-electron chi connectivity index (χ3n) is 1.88. The molecule has 4 heteroatoms. The van der Waals surface area contributed by atoms with Crippen LogP contribution in [0.3, 0.4) is 0 Å². The topological polar surface area (TPSA) is 49.3 Å². The fourth-order valence-corrected chi connectivity index (χ4v) is 2.97. The Kier molecular flexibility index (Phi) is 8.43. The Morgan fingerprint density at radius 1 is 1.36 bits per heavy atom.